The van der Waals surface area contributed by atoms with Gasteiger partial charge in [0, 0.05) is 32.0 Å². The van der Waals surface area contributed by atoms with E-state index in [0.29, 0.717) is 17.4 Å². The maximum Gasteiger partial charge on any atom is 0.204 e. The quantitative estimate of drug-likeness (QED) is 0.852. The third kappa shape index (κ3) is 3.53. The summed E-state index contributed by atoms with van der Waals surface area (Å²) in [6.07, 6.45) is 1.51. The first-order valence-electron chi connectivity index (χ1n) is 6.83. The highest BCUT2D eigenvalue weighted by Crippen LogP contribution is 2.31. The van der Waals surface area contributed by atoms with Crippen LogP contribution in [0, 0.1) is 0 Å². The second kappa shape index (κ2) is 6.78. The van der Waals surface area contributed by atoms with Gasteiger partial charge in [0.1, 0.15) is 6.33 Å². The van der Waals surface area contributed by atoms with Gasteiger partial charge < -0.3 is 20.3 Å². The van der Waals surface area contributed by atoms with Gasteiger partial charge in [-0.3, -0.25) is 0 Å². The first-order valence-corrected chi connectivity index (χ1v) is 6.83. The molecule has 0 bridgehead atoms. The number of ether oxygens (including phenoxy) is 1. The second-order valence-corrected chi connectivity index (χ2v) is 4.70. The van der Waals surface area contributed by atoms with E-state index < -0.39 is 0 Å². The summed E-state index contributed by atoms with van der Waals surface area (Å²) in [5.41, 5.74) is 2.06. The molecule has 0 saturated heterocycles. The van der Waals surface area contributed by atoms with Crippen LogP contribution in [0.3, 0.4) is 0 Å². The summed E-state index contributed by atoms with van der Waals surface area (Å²) >= 11 is 0. The molecule has 0 aliphatic carbocycles. The number of rotatable bonds is 6. The average Bonchev–Trinajstić information content (AvgIpc) is 2.48. The number of aromatic nitrogens is 2. The van der Waals surface area contributed by atoms with Crippen molar-refractivity contribution in [2.75, 3.05) is 43.3 Å². The van der Waals surface area contributed by atoms with Crippen molar-refractivity contribution in [2.24, 2.45) is 0 Å². The summed E-state index contributed by atoms with van der Waals surface area (Å²) in [6, 6.07) is 8.08. The predicted octanol–water partition coefficient (Wildman–Crippen LogP) is 2.73. The maximum absolute atomic E-state index is 5.42. The van der Waals surface area contributed by atoms with Crippen LogP contribution in [-0.4, -0.2) is 37.7 Å². The van der Waals surface area contributed by atoms with Gasteiger partial charge in [0.25, 0.3) is 0 Å². The van der Waals surface area contributed by atoms with Crippen LogP contribution in [0.5, 0.6) is 5.75 Å². The zero-order valence-corrected chi connectivity index (χ0v) is 12.8. The van der Waals surface area contributed by atoms with E-state index in [1.807, 2.05) is 44.1 Å². The first-order chi connectivity index (χ1) is 10.2. The first kappa shape index (κ1) is 14.9. The van der Waals surface area contributed by atoms with Gasteiger partial charge in [0.15, 0.2) is 11.6 Å². The molecule has 0 unspecified atom stereocenters. The fraction of sp³-hybridized carbons (Fsp3) is 0.333. The minimum atomic E-state index is 0.606. The zero-order chi connectivity index (χ0) is 15.2. The van der Waals surface area contributed by atoms with Crippen molar-refractivity contribution >= 4 is 23.0 Å². The summed E-state index contributed by atoms with van der Waals surface area (Å²) in [7, 11) is 5.63. The molecule has 0 spiro atoms. The van der Waals surface area contributed by atoms with Crippen molar-refractivity contribution in [3.05, 3.63) is 30.6 Å². The van der Waals surface area contributed by atoms with Crippen molar-refractivity contribution in [3.63, 3.8) is 0 Å². The molecular weight excluding hydrogens is 266 g/mol. The fourth-order valence-electron chi connectivity index (χ4n) is 1.95. The summed E-state index contributed by atoms with van der Waals surface area (Å²) in [4.78, 5) is 10.5. The van der Waals surface area contributed by atoms with Gasteiger partial charge >= 0.3 is 0 Å². The van der Waals surface area contributed by atoms with Gasteiger partial charge in [0.2, 0.25) is 5.75 Å². The number of nitrogens with zero attached hydrogens (tertiary/aromatic N) is 3. The van der Waals surface area contributed by atoms with Crippen LogP contribution in [0.4, 0.5) is 23.0 Å². The standard InChI is InChI=1S/C15H21N5O/c1-5-16-14-13(21-4)15(18-10-17-14)19-11-7-6-8-12(9-11)20(2)3/h6-10H,5H2,1-4H3,(H2,16,17,18,19). The fourth-order valence-corrected chi connectivity index (χ4v) is 1.95. The van der Waals surface area contributed by atoms with Crippen LogP contribution < -0.4 is 20.3 Å². The minimum absolute atomic E-state index is 0.606. The molecule has 2 aromatic rings. The molecule has 2 rings (SSSR count). The summed E-state index contributed by atoms with van der Waals surface area (Å²) in [5.74, 6) is 1.93. The largest absolute Gasteiger partial charge is 0.490 e. The number of methoxy groups -OCH3 is 1. The maximum atomic E-state index is 5.42. The van der Waals surface area contributed by atoms with Crippen LogP contribution in [0.1, 0.15) is 6.92 Å². The highest BCUT2D eigenvalue weighted by atomic mass is 16.5. The highest BCUT2D eigenvalue weighted by Gasteiger charge is 2.11. The van der Waals surface area contributed by atoms with Gasteiger partial charge in [-0.15, -0.1) is 0 Å². The smallest absolute Gasteiger partial charge is 0.204 e. The number of anilines is 4. The van der Waals surface area contributed by atoms with E-state index in [0.717, 1.165) is 17.9 Å². The van der Waals surface area contributed by atoms with Crippen molar-refractivity contribution in [1.29, 1.82) is 0 Å². The topological polar surface area (TPSA) is 62.3 Å². The molecule has 2 N–H and O–H groups in total. The van der Waals surface area contributed by atoms with Gasteiger partial charge in [-0.1, -0.05) is 6.07 Å². The van der Waals surface area contributed by atoms with Gasteiger partial charge in [-0.2, -0.15) is 0 Å². The Kier molecular flexibility index (Phi) is 4.81. The number of nitrogens with one attached hydrogen (secondary N) is 2. The van der Waals surface area contributed by atoms with E-state index in [-0.39, 0.29) is 0 Å². The van der Waals surface area contributed by atoms with E-state index in [9.17, 15) is 0 Å². The molecule has 1 aromatic carbocycles. The van der Waals surface area contributed by atoms with Crippen LogP contribution >= 0.6 is 0 Å². The molecule has 6 heteroatoms. The van der Waals surface area contributed by atoms with Crippen molar-refractivity contribution in [2.45, 2.75) is 6.92 Å². The lowest BCUT2D eigenvalue weighted by Crippen LogP contribution is -2.09. The van der Waals surface area contributed by atoms with Crippen LogP contribution in [0.25, 0.3) is 0 Å². The highest BCUT2D eigenvalue weighted by molar-refractivity contribution is 5.71. The Hall–Kier alpha value is -2.50. The molecule has 0 atom stereocenters. The summed E-state index contributed by atoms with van der Waals surface area (Å²) in [5, 5.41) is 6.43. The van der Waals surface area contributed by atoms with E-state index in [1.165, 1.54) is 6.33 Å². The van der Waals surface area contributed by atoms with Gasteiger partial charge in [-0.25, -0.2) is 9.97 Å². The van der Waals surface area contributed by atoms with Crippen LogP contribution in [0.15, 0.2) is 30.6 Å². The Morgan fingerprint density at radius 1 is 1.19 bits per heavy atom. The lowest BCUT2D eigenvalue weighted by molar-refractivity contribution is 0.415. The van der Waals surface area contributed by atoms with E-state index in [2.05, 4.69) is 26.7 Å². The minimum Gasteiger partial charge on any atom is -0.490 e. The number of hydrogen-bond acceptors (Lipinski definition) is 6. The molecule has 0 aliphatic heterocycles. The second-order valence-electron chi connectivity index (χ2n) is 4.70. The molecule has 0 radical (unpaired) electrons. The SMILES string of the molecule is CCNc1ncnc(Nc2cccc(N(C)C)c2)c1OC. The molecule has 0 aliphatic rings. The molecule has 112 valence electrons. The Labute approximate surface area is 125 Å². The van der Waals surface area contributed by atoms with Gasteiger partial charge in [-0.05, 0) is 25.1 Å². The molecule has 21 heavy (non-hydrogen) atoms. The predicted molar refractivity (Wildman–Crippen MR) is 86.8 cm³/mol. The van der Waals surface area contributed by atoms with E-state index in [4.69, 9.17) is 4.74 Å². The van der Waals surface area contributed by atoms with E-state index in [1.54, 1.807) is 7.11 Å². The Morgan fingerprint density at radius 2 is 1.95 bits per heavy atom. The molecule has 1 heterocycles. The van der Waals surface area contributed by atoms with Crippen molar-refractivity contribution in [3.8, 4) is 5.75 Å². The Balaban J connectivity index is 2.30. The third-order valence-electron chi connectivity index (χ3n) is 2.98. The summed E-state index contributed by atoms with van der Waals surface area (Å²) in [6.45, 7) is 2.78. The molecule has 0 fully saturated rings. The van der Waals surface area contributed by atoms with Gasteiger partial charge in [0.05, 0.1) is 7.11 Å². The molecule has 0 saturated carbocycles. The van der Waals surface area contributed by atoms with E-state index >= 15 is 0 Å². The summed E-state index contributed by atoms with van der Waals surface area (Å²) < 4.78 is 5.42. The monoisotopic (exact) mass is 287 g/mol. The molecule has 1 aromatic heterocycles. The molecule has 0 amide bonds. The Morgan fingerprint density at radius 3 is 2.62 bits per heavy atom. The lowest BCUT2D eigenvalue weighted by atomic mass is 10.2. The molecule has 6 nitrogen and oxygen atoms in total. The number of hydrogen-bond donors (Lipinski definition) is 2. The van der Waals surface area contributed by atoms with Crippen molar-refractivity contribution < 1.29 is 4.74 Å². The van der Waals surface area contributed by atoms with Crippen LogP contribution in [-0.2, 0) is 0 Å². The normalized spacial score (nSPS) is 10.1. The lowest BCUT2D eigenvalue weighted by Gasteiger charge is -2.16. The number of benzene rings is 1. The van der Waals surface area contributed by atoms with Crippen molar-refractivity contribution in [1.82, 2.24) is 9.97 Å². The Bertz CT molecular complexity index is 600. The third-order valence-corrected chi connectivity index (χ3v) is 2.98. The average molecular weight is 287 g/mol. The van der Waals surface area contributed by atoms with Crippen LogP contribution in [0.2, 0.25) is 0 Å². The molecular formula is C15H21N5O. The zero-order valence-electron chi connectivity index (χ0n) is 12.8.